The van der Waals surface area contributed by atoms with E-state index in [1.165, 1.54) is 0 Å². The average Bonchev–Trinajstić information content (AvgIpc) is 2.75. The quantitative estimate of drug-likeness (QED) is 0.745. The van der Waals surface area contributed by atoms with Crippen LogP contribution in [0.5, 0.6) is 0 Å². The molecule has 4 rings (SSSR count). The van der Waals surface area contributed by atoms with Crippen molar-refractivity contribution in [1.82, 2.24) is 9.80 Å². The number of likely N-dealkylation sites (tertiary alicyclic amines) is 1. The molecule has 0 unspecified atom stereocenters. The molecule has 6 heteroatoms. The molecule has 158 valence electrons. The van der Waals surface area contributed by atoms with Crippen LogP contribution in [0.3, 0.4) is 0 Å². The molecule has 3 N–H and O–H groups in total. The predicted octanol–water partition coefficient (Wildman–Crippen LogP) is 2.25. The highest BCUT2D eigenvalue weighted by Crippen LogP contribution is 2.28. The number of amides is 2. The van der Waals surface area contributed by atoms with Crippen molar-refractivity contribution in [2.75, 3.05) is 31.9 Å². The zero-order valence-corrected chi connectivity index (χ0v) is 17.2. The second kappa shape index (κ2) is 8.48. The minimum atomic E-state index is -0.947. The van der Waals surface area contributed by atoms with E-state index in [4.69, 9.17) is 5.73 Å². The normalized spacial score (nSPS) is 18.2. The predicted molar refractivity (Wildman–Crippen MR) is 116 cm³/mol. The van der Waals surface area contributed by atoms with Gasteiger partial charge in [0.2, 0.25) is 5.91 Å². The first kappa shape index (κ1) is 20.4. The van der Waals surface area contributed by atoms with Gasteiger partial charge >= 0.3 is 0 Å². The fraction of sp³-hybridized carbons (Fsp3) is 0.417. The smallest absolute Gasteiger partial charge is 0.254 e. The Morgan fingerprint density at radius 2 is 1.80 bits per heavy atom. The molecule has 6 nitrogen and oxygen atoms in total. The average molecular weight is 408 g/mol. The SMILES string of the molecule is Nc1ccc2c(c1)CCN(CC1(O)CCN(C(=O)CCc3ccccc3)CC1)C2=O. The van der Waals surface area contributed by atoms with Crippen LogP contribution in [0.15, 0.2) is 48.5 Å². The number of piperidine rings is 1. The Balaban J connectivity index is 1.30. The number of nitrogens with zero attached hydrogens (tertiary/aromatic N) is 2. The molecule has 2 aliphatic heterocycles. The summed E-state index contributed by atoms with van der Waals surface area (Å²) in [6.07, 6.45) is 2.93. The molecule has 0 spiro atoms. The van der Waals surface area contributed by atoms with Gasteiger partial charge in [0.25, 0.3) is 5.91 Å². The van der Waals surface area contributed by atoms with Gasteiger partial charge in [-0.1, -0.05) is 30.3 Å². The van der Waals surface area contributed by atoms with Crippen molar-refractivity contribution in [2.45, 2.75) is 37.7 Å². The third kappa shape index (κ3) is 4.49. The van der Waals surface area contributed by atoms with Crippen LogP contribution in [0.1, 0.15) is 40.7 Å². The summed E-state index contributed by atoms with van der Waals surface area (Å²) in [4.78, 5) is 29.0. The summed E-state index contributed by atoms with van der Waals surface area (Å²) < 4.78 is 0. The molecule has 2 amide bonds. The molecule has 0 aliphatic carbocycles. The van der Waals surface area contributed by atoms with Crippen LogP contribution in [0, 0.1) is 0 Å². The van der Waals surface area contributed by atoms with Crippen molar-refractivity contribution in [3.8, 4) is 0 Å². The molecule has 0 saturated carbocycles. The Morgan fingerprint density at radius 3 is 2.53 bits per heavy atom. The number of nitrogens with two attached hydrogens (primary N) is 1. The molecular formula is C24H29N3O3. The van der Waals surface area contributed by atoms with Gasteiger partial charge in [0.1, 0.15) is 0 Å². The summed E-state index contributed by atoms with van der Waals surface area (Å²) in [6.45, 7) is 1.94. The van der Waals surface area contributed by atoms with E-state index in [9.17, 15) is 14.7 Å². The van der Waals surface area contributed by atoms with E-state index in [1.807, 2.05) is 41.3 Å². The zero-order valence-electron chi connectivity index (χ0n) is 17.2. The number of benzene rings is 2. The maximum absolute atomic E-state index is 12.8. The fourth-order valence-electron chi connectivity index (χ4n) is 4.45. The lowest BCUT2D eigenvalue weighted by Gasteiger charge is -2.42. The van der Waals surface area contributed by atoms with Gasteiger partial charge in [-0.15, -0.1) is 0 Å². The minimum absolute atomic E-state index is 0.0500. The maximum Gasteiger partial charge on any atom is 0.254 e. The highest BCUT2D eigenvalue weighted by Gasteiger charge is 2.37. The number of fused-ring (bicyclic) bond motifs is 1. The van der Waals surface area contributed by atoms with Gasteiger partial charge in [-0.2, -0.15) is 0 Å². The van der Waals surface area contributed by atoms with Gasteiger partial charge in [-0.05, 0) is 55.0 Å². The summed E-state index contributed by atoms with van der Waals surface area (Å²) in [7, 11) is 0. The number of rotatable bonds is 5. The van der Waals surface area contributed by atoms with E-state index >= 15 is 0 Å². The van der Waals surface area contributed by atoms with E-state index in [-0.39, 0.29) is 11.8 Å². The van der Waals surface area contributed by atoms with Crippen molar-refractivity contribution >= 4 is 17.5 Å². The van der Waals surface area contributed by atoms with Crippen LogP contribution in [0.2, 0.25) is 0 Å². The van der Waals surface area contributed by atoms with E-state index in [0.29, 0.717) is 56.7 Å². The number of aryl methyl sites for hydroxylation is 1. The van der Waals surface area contributed by atoms with Gasteiger partial charge < -0.3 is 20.6 Å². The molecule has 2 heterocycles. The lowest BCUT2D eigenvalue weighted by Crippen LogP contribution is -2.54. The number of aliphatic hydroxyl groups is 1. The van der Waals surface area contributed by atoms with Crippen LogP contribution in [0.25, 0.3) is 0 Å². The number of carbonyl (C=O) groups excluding carboxylic acids is 2. The number of carbonyl (C=O) groups is 2. The lowest BCUT2D eigenvalue weighted by atomic mass is 9.89. The van der Waals surface area contributed by atoms with Crippen LogP contribution in [0.4, 0.5) is 5.69 Å². The Kier molecular flexibility index (Phi) is 5.77. The summed E-state index contributed by atoms with van der Waals surface area (Å²) in [5.41, 5.74) is 8.35. The summed E-state index contributed by atoms with van der Waals surface area (Å²) in [6, 6.07) is 15.4. The van der Waals surface area contributed by atoms with E-state index in [1.54, 1.807) is 17.0 Å². The minimum Gasteiger partial charge on any atom is -0.399 e. The Hall–Kier alpha value is -2.86. The third-order valence-corrected chi connectivity index (χ3v) is 6.30. The first-order valence-corrected chi connectivity index (χ1v) is 10.7. The van der Waals surface area contributed by atoms with Crippen molar-refractivity contribution in [2.24, 2.45) is 0 Å². The zero-order chi connectivity index (χ0) is 21.1. The highest BCUT2D eigenvalue weighted by molar-refractivity contribution is 5.97. The van der Waals surface area contributed by atoms with E-state index in [0.717, 1.165) is 24.0 Å². The fourth-order valence-corrected chi connectivity index (χ4v) is 4.45. The first-order chi connectivity index (χ1) is 14.4. The third-order valence-electron chi connectivity index (χ3n) is 6.30. The number of β-amino-alcohol motifs (C(OH)–C–C–N with tert-alkyl or cyclic N) is 1. The molecule has 2 aromatic rings. The molecule has 0 bridgehead atoms. The largest absolute Gasteiger partial charge is 0.399 e. The molecule has 1 saturated heterocycles. The Labute approximate surface area is 177 Å². The van der Waals surface area contributed by atoms with Gasteiger partial charge in [-0.25, -0.2) is 0 Å². The van der Waals surface area contributed by atoms with Gasteiger partial charge in [0.15, 0.2) is 0 Å². The van der Waals surface area contributed by atoms with Crippen LogP contribution >= 0.6 is 0 Å². The molecule has 2 aromatic carbocycles. The number of hydrogen-bond donors (Lipinski definition) is 2. The maximum atomic E-state index is 12.8. The van der Waals surface area contributed by atoms with Crippen molar-refractivity contribution in [1.29, 1.82) is 0 Å². The van der Waals surface area contributed by atoms with Crippen molar-refractivity contribution < 1.29 is 14.7 Å². The lowest BCUT2D eigenvalue weighted by molar-refractivity contribution is -0.135. The molecule has 0 atom stereocenters. The standard InChI is InChI=1S/C24H29N3O3/c25-20-7-8-21-19(16-20)10-13-27(23(21)29)17-24(30)11-14-26(15-12-24)22(28)9-6-18-4-2-1-3-5-18/h1-5,7-8,16,30H,6,9-15,17,25H2. The highest BCUT2D eigenvalue weighted by atomic mass is 16.3. The van der Waals surface area contributed by atoms with E-state index < -0.39 is 5.60 Å². The second-order valence-corrected chi connectivity index (χ2v) is 8.48. The number of nitrogen functional groups attached to an aromatic ring is 1. The molecule has 1 fully saturated rings. The summed E-state index contributed by atoms with van der Waals surface area (Å²) >= 11 is 0. The van der Waals surface area contributed by atoms with Crippen molar-refractivity contribution in [3.63, 3.8) is 0 Å². The monoisotopic (exact) mass is 407 g/mol. The van der Waals surface area contributed by atoms with Gasteiger partial charge in [0.05, 0.1) is 5.60 Å². The molecule has 30 heavy (non-hydrogen) atoms. The second-order valence-electron chi connectivity index (χ2n) is 8.48. The van der Waals surface area contributed by atoms with Crippen LogP contribution < -0.4 is 5.73 Å². The Bertz CT molecular complexity index is 921. The molecule has 0 aromatic heterocycles. The topological polar surface area (TPSA) is 86.9 Å². The Morgan fingerprint density at radius 1 is 1.07 bits per heavy atom. The summed E-state index contributed by atoms with van der Waals surface area (Å²) in [5, 5.41) is 11.1. The molecular weight excluding hydrogens is 378 g/mol. The first-order valence-electron chi connectivity index (χ1n) is 10.7. The molecule has 0 radical (unpaired) electrons. The van der Waals surface area contributed by atoms with E-state index in [2.05, 4.69) is 0 Å². The summed E-state index contributed by atoms with van der Waals surface area (Å²) in [5.74, 6) is 0.0764. The van der Waals surface area contributed by atoms with Crippen LogP contribution in [-0.2, 0) is 17.6 Å². The van der Waals surface area contributed by atoms with Crippen LogP contribution in [-0.4, -0.2) is 58.5 Å². The van der Waals surface area contributed by atoms with Gasteiger partial charge in [0, 0.05) is 43.9 Å². The van der Waals surface area contributed by atoms with Gasteiger partial charge in [-0.3, -0.25) is 9.59 Å². The molecule has 2 aliphatic rings. The van der Waals surface area contributed by atoms with Crippen molar-refractivity contribution in [3.05, 3.63) is 65.2 Å². The number of hydrogen-bond acceptors (Lipinski definition) is 4. The number of anilines is 1.